The molecule has 2 rings (SSSR count). The van der Waals surface area contributed by atoms with Crippen molar-refractivity contribution >= 4 is 35.3 Å². The van der Waals surface area contributed by atoms with Gasteiger partial charge in [0.25, 0.3) is 0 Å². The first-order valence-electron chi connectivity index (χ1n) is 5.57. The van der Waals surface area contributed by atoms with Crippen molar-refractivity contribution in [1.82, 2.24) is 10.2 Å². The number of nitrogens with zero attached hydrogens (tertiary/aromatic N) is 1. The van der Waals surface area contributed by atoms with Gasteiger partial charge in [-0.25, -0.2) is 4.79 Å². The minimum Gasteiger partial charge on any atom is -0.336 e. The molecule has 0 radical (unpaired) electrons. The molecule has 0 atom stereocenters. The van der Waals surface area contributed by atoms with E-state index in [-0.39, 0.29) is 11.9 Å². The number of nitrogens with one attached hydrogen (secondary N) is 1. The zero-order chi connectivity index (χ0) is 13.0. The summed E-state index contributed by atoms with van der Waals surface area (Å²) in [6.45, 7) is 1.02. The summed E-state index contributed by atoms with van der Waals surface area (Å²) in [5.41, 5.74) is 1.11. The Morgan fingerprint density at radius 3 is 2.72 bits per heavy atom. The van der Waals surface area contributed by atoms with Crippen molar-refractivity contribution in [1.29, 1.82) is 0 Å². The summed E-state index contributed by atoms with van der Waals surface area (Å²) in [7, 11) is 0. The minimum atomic E-state index is -0.285. The predicted octanol–water partition coefficient (Wildman–Crippen LogP) is 2.12. The average Bonchev–Trinajstić information content (AvgIpc) is 2.78. The molecule has 1 heterocycles. The first-order chi connectivity index (χ1) is 8.66. The average molecular weight is 285 g/mol. The number of thioether (sulfide) groups is 1. The number of urea groups is 1. The molecule has 6 heteroatoms. The molecule has 0 unspecified atom stereocenters. The van der Waals surface area contributed by atoms with E-state index in [0.29, 0.717) is 23.9 Å². The van der Waals surface area contributed by atoms with Crippen LogP contribution >= 0.6 is 23.4 Å². The first kappa shape index (κ1) is 13.2. The van der Waals surface area contributed by atoms with E-state index < -0.39 is 0 Å². The summed E-state index contributed by atoms with van der Waals surface area (Å²) in [4.78, 5) is 24.2. The maximum absolute atomic E-state index is 11.7. The number of hydrogen-bond donors (Lipinski definition) is 1. The molecule has 96 valence electrons. The van der Waals surface area contributed by atoms with Gasteiger partial charge in [-0.3, -0.25) is 9.69 Å². The number of benzene rings is 1. The Hall–Kier alpha value is -1.20. The van der Waals surface area contributed by atoms with Crippen LogP contribution in [0, 0.1) is 0 Å². The number of amides is 3. The van der Waals surface area contributed by atoms with Gasteiger partial charge in [0.1, 0.15) is 0 Å². The largest absolute Gasteiger partial charge is 0.336 e. The van der Waals surface area contributed by atoms with Crippen LogP contribution in [-0.4, -0.2) is 35.7 Å². The van der Waals surface area contributed by atoms with Gasteiger partial charge in [0.2, 0.25) is 5.91 Å². The van der Waals surface area contributed by atoms with Crippen molar-refractivity contribution in [3.8, 4) is 0 Å². The van der Waals surface area contributed by atoms with E-state index in [0.717, 1.165) is 11.3 Å². The third-order valence-corrected chi connectivity index (χ3v) is 3.81. The van der Waals surface area contributed by atoms with Gasteiger partial charge in [-0.1, -0.05) is 23.7 Å². The van der Waals surface area contributed by atoms with Gasteiger partial charge >= 0.3 is 6.03 Å². The summed E-state index contributed by atoms with van der Waals surface area (Å²) in [6, 6.07) is 7.23. The number of rotatable bonds is 4. The van der Waals surface area contributed by atoms with Crippen LogP contribution in [0.15, 0.2) is 24.3 Å². The SMILES string of the molecule is O=C(CSCc1ccc(Cl)cc1)N1CCNC1=O. The number of imide groups is 1. The summed E-state index contributed by atoms with van der Waals surface area (Å²) in [5, 5.41) is 3.31. The van der Waals surface area contributed by atoms with Crippen LogP contribution in [0.3, 0.4) is 0 Å². The van der Waals surface area contributed by atoms with Crippen LogP contribution < -0.4 is 5.32 Å². The van der Waals surface area contributed by atoms with Crippen LogP contribution in [0.4, 0.5) is 4.79 Å². The molecule has 3 amide bonds. The smallest absolute Gasteiger partial charge is 0.324 e. The van der Waals surface area contributed by atoms with E-state index in [4.69, 9.17) is 11.6 Å². The number of hydrogen-bond acceptors (Lipinski definition) is 3. The lowest BCUT2D eigenvalue weighted by molar-refractivity contribution is -0.124. The molecule has 1 N–H and O–H groups in total. The Kier molecular flexibility index (Phi) is 4.49. The van der Waals surface area contributed by atoms with Crippen LogP contribution in [0.2, 0.25) is 5.02 Å². The molecule has 1 aromatic carbocycles. The summed E-state index contributed by atoms with van der Waals surface area (Å²) in [6.07, 6.45) is 0. The van der Waals surface area contributed by atoms with Crippen molar-refractivity contribution in [3.63, 3.8) is 0 Å². The molecule has 0 saturated carbocycles. The molecule has 0 aromatic heterocycles. The van der Waals surface area contributed by atoms with Gasteiger partial charge in [0.05, 0.1) is 5.75 Å². The van der Waals surface area contributed by atoms with Gasteiger partial charge in [-0.05, 0) is 17.7 Å². The fourth-order valence-corrected chi connectivity index (χ4v) is 2.61. The van der Waals surface area contributed by atoms with Crippen LogP contribution in [0.5, 0.6) is 0 Å². The molecule has 18 heavy (non-hydrogen) atoms. The normalized spacial score (nSPS) is 14.7. The second kappa shape index (κ2) is 6.11. The lowest BCUT2D eigenvalue weighted by Crippen LogP contribution is -2.35. The standard InChI is InChI=1S/C12H13ClN2O2S/c13-10-3-1-9(2-4-10)7-18-8-11(16)15-6-5-14-12(15)17/h1-4H,5-8H2,(H,14,17). The van der Waals surface area contributed by atoms with E-state index in [1.807, 2.05) is 24.3 Å². The Morgan fingerprint density at radius 2 is 2.11 bits per heavy atom. The van der Waals surface area contributed by atoms with Gasteiger partial charge in [0, 0.05) is 23.9 Å². The fourth-order valence-electron chi connectivity index (χ4n) is 1.62. The van der Waals surface area contributed by atoms with Gasteiger partial charge in [-0.2, -0.15) is 0 Å². The minimum absolute atomic E-state index is 0.135. The second-order valence-electron chi connectivity index (χ2n) is 3.90. The monoisotopic (exact) mass is 284 g/mol. The quantitative estimate of drug-likeness (QED) is 0.921. The molecular weight excluding hydrogens is 272 g/mol. The highest BCUT2D eigenvalue weighted by Crippen LogP contribution is 2.16. The number of carbonyl (C=O) groups excluding carboxylic acids is 2. The maximum atomic E-state index is 11.7. The second-order valence-corrected chi connectivity index (χ2v) is 5.32. The van der Waals surface area contributed by atoms with Gasteiger partial charge in [-0.15, -0.1) is 11.8 Å². The highest BCUT2D eigenvalue weighted by Gasteiger charge is 2.25. The van der Waals surface area contributed by atoms with Crippen molar-refractivity contribution in [2.45, 2.75) is 5.75 Å². The maximum Gasteiger partial charge on any atom is 0.324 e. The van der Waals surface area contributed by atoms with Crippen molar-refractivity contribution in [3.05, 3.63) is 34.9 Å². The Bertz CT molecular complexity index is 450. The predicted molar refractivity (Wildman–Crippen MR) is 72.7 cm³/mol. The first-order valence-corrected chi connectivity index (χ1v) is 7.10. The Balaban J connectivity index is 1.76. The number of halogens is 1. The zero-order valence-corrected chi connectivity index (χ0v) is 11.3. The highest BCUT2D eigenvalue weighted by atomic mass is 35.5. The summed E-state index contributed by atoms with van der Waals surface area (Å²) < 4.78 is 0. The highest BCUT2D eigenvalue weighted by molar-refractivity contribution is 7.99. The molecule has 0 aliphatic carbocycles. The molecular formula is C12H13ClN2O2S. The molecule has 1 saturated heterocycles. The summed E-state index contributed by atoms with van der Waals surface area (Å²) >= 11 is 7.28. The lowest BCUT2D eigenvalue weighted by Gasteiger charge is -2.11. The third-order valence-electron chi connectivity index (χ3n) is 2.57. The zero-order valence-electron chi connectivity index (χ0n) is 9.69. The van der Waals surface area contributed by atoms with E-state index in [2.05, 4.69) is 5.32 Å². The summed E-state index contributed by atoms with van der Waals surface area (Å²) in [5.74, 6) is 0.915. The van der Waals surface area contributed by atoms with E-state index in [9.17, 15) is 9.59 Å². The van der Waals surface area contributed by atoms with Crippen molar-refractivity contribution in [2.24, 2.45) is 0 Å². The third kappa shape index (κ3) is 3.40. The molecule has 0 bridgehead atoms. The van der Waals surface area contributed by atoms with E-state index >= 15 is 0 Å². The topological polar surface area (TPSA) is 49.4 Å². The van der Waals surface area contributed by atoms with Crippen molar-refractivity contribution < 1.29 is 9.59 Å². The van der Waals surface area contributed by atoms with Crippen LogP contribution in [-0.2, 0) is 10.5 Å². The number of carbonyl (C=O) groups is 2. The molecule has 1 aromatic rings. The molecule has 1 aliphatic heterocycles. The molecule has 1 aliphatic rings. The van der Waals surface area contributed by atoms with Gasteiger partial charge < -0.3 is 5.32 Å². The fraction of sp³-hybridized carbons (Fsp3) is 0.333. The molecule has 1 fully saturated rings. The van der Waals surface area contributed by atoms with Crippen molar-refractivity contribution in [2.75, 3.05) is 18.8 Å². The van der Waals surface area contributed by atoms with Crippen LogP contribution in [0.25, 0.3) is 0 Å². The Labute approximate surface area is 115 Å². The van der Waals surface area contributed by atoms with E-state index in [1.165, 1.54) is 16.7 Å². The lowest BCUT2D eigenvalue weighted by atomic mass is 10.2. The Morgan fingerprint density at radius 1 is 1.39 bits per heavy atom. The molecule has 4 nitrogen and oxygen atoms in total. The van der Waals surface area contributed by atoms with Crippen LogP contribution in [0.1, 0.15) is 5.56 Å². The van der Waals surface area contributed by atoms with E-state index in [1.54, 1.807) is 0 Å². The molecule has 0 spiro atoms. The van der Waals surface area contributed by atoms with Gasteiger partial charge in [0.15, 0.2) is 0 Å².